The van der Waals surface area contributed by atoms with Crippen molar-refractivity contribution in [3.8, 4) is 0 Å². The van der Waals surface area contributed by atoms with Gasteiger partial charge in [-0.25, -0.2) is 9.78 Å². The van der Waals surface area contributed by atoms with E-state index in [4.69, 9.17) is 4.74 Å². The predicted octanol–water partition coefficient (Wildman–Crippen LogP) is 1.02. The number of fused-ring (bicyclic) bond motifs is 1. The van der Waals surface area contributed by atoms with Gasteiger partial charge in [-0.05, 0) is 19.4 Å². The Morgan fingerprint density at radius 1 is 1.38 bits per heavy atom. The van der Waals surface area contributed by atoms with E-state index in [0.717, 1.165) is 18.8 Å². The van der Waals surface area contributed by atoms with Crippen LogP contribution >= 0.6 is 0 Å². The number of nitrogens with one attached hydrogen (secondary N) is 1. The minimum absolute atomic E-state index is 0.0376. The summed E-state index contributed by atoms with van der Waals surface area (Å²) in [6.45, 7) is 4.69. The molecule has 128 valence electrons. The average molecular weight is 330 g/mol. The molecule has 24 heavy (non-hydrogen) atoms. The molecule has 8 nitrogen and oxygen atoms in total. The summed E-state index contributed by atoms with van der Waals surface area (Å²) >= 11 is 0. The Hall–Kier alpha value is -2.35. The third-order valence-corrected chi connectivity index (χ3v) is 4.83. The van der Waals surface area contributed by atoms with Crippen molar-refractivity contribution in [3.05, 3.63) is 36.7 Å². The fourth-order valence-corrected chi connectivity index (χ4v) is 3.53. The van der Waals surface area contributed by atoms with E-state index in [1.54, 1.807) is 12.4 Å². The number of imidazole rings is 1. The number of ether oxygens (including phenoxy) is 1. The second kappa shape index (κ2) is 6.27. The molecule has 3 unspecified atom stereocenters. The molecule has 3 heterocycles. The number of carbonyl (C=O) groups is 1. The highest BCUT2D eigenvalue weighted by Crippen LogP contribution is 2.35. The Morgan fingerprint density at radius 2 is 2.29 bits per heavy atom. The molecular formula is C16H22N6O2. The van der Waals surface area contributed by atoms with E-state index in [1.165, 1.54) is 0 Å². The molecule has 1 aliphatic heterocycles. The highest BCUT2D eigenvalue weighted by molar-refractivity contribution is 5.74. The molecule has 2 aliphatic rings. The minimum atomic E-state index is -0.0404. The second-order valence-electron chi connectivity index (χ2n) is 6.22. The number of hydrogen-bond acceptors (Lipinski definition) is 4. The lowest BCUT2D eigenvalue weighted by Crippen LogP contribution is -2.59. The lowest BCUT2D eigenvalue weighted by Gasteiger charge is -2.45. The first kappa shape index (κ1) is 15.2. The van der Waals surface area contributed by atoms with E-state index in [9.17, 15) is 4.79 Å². The Bertz CT molecular complexity index is 697. The zero-order valence-corrected chi connectivity index (χ0v) is 13.7. The van der Waals surface area contributed by atoms with Gasteiger partial charge in [0.15, 0.2) is 0 Å². The molecule has 1 fully saturated rings. The highest BCUT2D eigenvalue weighted by Gasteiger charge is 2.45. The standard InChI is InChI=1S/C16H22N6O2/c1-2-24-13-10-12(15(13)22-6-3-4-18-22)19-16(23)21-9-8-20-7-5-17-14(20)11-21/h3-7,12-13,15H,2,8-11H2,1H3,(H,19,23). The van der Waals surface area contributed by atoms with E-state index in [1.807, 2.05) is 35.0 Å². The summed E-state index contributed by atoms with van der Waals surface area (Å²) in [5, 5.41) is 7.47. The highest BCUT2D eigenvalue weighted by atomic mass is 16.5. The van der Waals surface area contributed by atoms with Gasteiger partial charge in [0.25, 0.3) is 0 Å². The molecule has 2 aromatic heterocycles. The van der Waals surface area contributed by atoms with Crippen LogP contribution in [0.2, 0.25) is 0 Å². The van der Waals surface area contributed by atoms with E-state index in [2.05, 4.69) is 20.0 Å². The first-order chi connectivity index (χ1) is 11.8. The van der Waals surface area contributed by atoms with E-state index in [-0.39, 0.29) is 24.2 Å². The minimum Gasteiger partial charge on any atom is -0.376 e. The molecule has 1 N–H and O–H groups in total. The molecule has 0 spiro atoms. The van der Waals surface area contributed by atoms with Crippen molar-refractivity contribution < 1.29 is 9.53 Å². The molecule has 3 atom stereocenters. The fourth-order valence-electron chi connectivity index (χ4n) is 3.53. The van der Waals surface area contributed by atoms with Gasteiger partial charge in [0.2, 0.25) is 0 Å². The quantitative estimate of drug-likeness (QED) is 0.908. The maximum atomic E-state index is 12.6. The van der Waals surface area contributed by atoms with E-state index < -0.39 is 0 Å². The SMILES string of the molecule is CCOC1CC(NC(=O)N2CCn3ccnc3C2)C1n1cccn1. The van der Waals surface area contributed by atoms with Crippen molar-refractivity contribution in [1.29, 1.82) is 0 Å². The first-order valence-electron chi connectivity index (χ1n) is 8.42. The normalized spacial score (nSPS) is 25.9. The van der Waals surface area contributed by atoms with Crippen molar-refractivity contribution in [2.24, 2.45) is 0 Å². The molecule has 2 aromatic rings. The molecule has 1 saturated carbocycles. The predicted molar refractivity (Wildman–Crippen MR) is 86.3 cm³/mol. The summed E-state index contributed by atoms with van der Waals surface area (Å²) in [6, 6.07) is 1.94. The molecule has 4 rings (SSSR count). The maximum absolute atomic E-state index is 12.6. The van der Waals surface area contributed by atoms with E-state index >= 15 is 0 Å². The van der Waals surface area contributed by atoms with Crippen molar-refractivity contribution in [2.75, 3.05) is 13.2 Å². The molecule has 0 bridgehead atoms. The summed E-state index contributed by atoms with van der Waals surface area (Å²) in [6.07, 6.45) is 8.32. The smallest absolute Gasteiger partial charge is 0.318 e. The van der Waals surface area contributed by atoms with Crippen LogP contribution in [0.15, 0.2) is 30.9 Å². The molecule has 0 aromatic carbocycles. The van der Waals surface area contributed by atoms with Crippen LogP contribution in [0.25, 0.3) is 0 Å². The van der Waals surface area contributed by atoms with Crippen molar-refractivity contribution in [1.82, 2.24) is 29.5 Å². The van der Waals surface area contributed by atoms with Gasteiger partial charge in [0, 0.05) is 44.5 Å². The fraction of sp³-hybridized carbons (Fsp3) is 0.562. The van der Waals surface area contributed by atoms with Gasteiger partial charge in [-0.1, -0.05) is 0 Å². The van der Waals surface area contributed by atoms with Crippen LogP contribution in [-0.4, -0.2) is 55.6 Å². The summed E-state index contributed by atoms with van der Waals surface area (Å²) in [7, 11) is 0. The van der Waals surface area contributed by atoms with Crippen molar-refractivity contribution >= 4 is 6.03 Å². The first-order valence-corrected chi connectivity index (χ1v) is 8.42. The summed E-state index contributed by atoms with van der Waals surface area (Å²) in [4.78, 5) is 18.7. The van der Waals surface area contributed by atoms with Crippen LogP contribution < -0.4 is 5.32 Å². The summed E-state index contributed by atoms with van der Waals surface area (Å²) < 4.78 is 9.74. The monoisotopic (exact) mass is 330 g/mol. The van der Waals surface area contributed by atoms with Gasteiger partial charge < -0.3 is 19.5 Å². The molecular weight excluding hydrogens is 308 g/mol. The lowest BCUT2D eigenvalue weighted by atomic mass is 9.82. The molecule has 0 radical (unpaired) electrons. The zero-order valence-electron chi connectivity index (χ0n) is 13.7. The van der Waals surface area contributed by atoms with Gasteiger partial charge in [-0.3, -0.25) is 4.68 Å². The van der Waals surface area contributed by atoms with Crippen molar-refractivity contribution in [3.63, 3.8) is 0 Å². The molecule has 1 aliphatic carbocycles. The summed E-state index contributed by atoms with van der Waals surface area (Å²) in [5.74, 6) is 0.931. The van der Waals surface area contributed by atoms with Crippen LogP contribution in [0.5, 0.6) is 0 Å². The Morgan fingerprint density at radius 3 is 3.08 bits per heavy atom. The van der Waals surface area contributed by atoms with Crippen molar-refractivity contribution in [2.45, 2.75) is 44.6 Å². The van der Waals surface area contributed by atoms with Crippen LogP contribution in [-0.2, 0) is 17.8 Å². The number of nitrogens with zero attached hydrogens (tertiary/aromatic N) is 5. The third-order valence-electron chi connectivity index (χ3n) is 4.83. The molecule has 2 amide bonds. The van der Waals surface area contributed by atoms with Gasteiger partial charge in [0.1, 0.15) is 5.82 Å². The summed E-state index contributed by atoms with van der Waals surface area (Å²) in [5.41, 5.74) is 0. The number of urea groups is 1. The van der Waals surface area contributed by atoms with Crippen LogP contribution in [0.1, 0.15) is 25.2 Å². The van der Waals surface area contributed by atoms with Crippen LogP contribution in [0.4, 0.5) is 4.79 Å². The largest absolute Gasteiger partial charge is 0.376 e. The number of aromatic nitrogens is 4. The zero-order chi connectivity index (χ0) is 16.5. The molecule has 8 heteroatoms. The van der Waals surface area contributed by atoms with Gasteiger partial charge >= 0.3 is 6.03 Å². The van der Waals surface area contributed by atoms with Gasteiger partial charge in [-0.2, -0.15) is 5.10 Å². The number of rotatable bonds is 4. The number of carbonyl (C=O) groups excluding carboxylic acids is 1. The Kier molecular flexibility index (Phi) is 3.97. The Balaban J connectivity index is 1.40. The van der Waals surface area contributed by atoms with Gasteiger partial charge in [0.05, 0.1) is 24.7 Å². The lowest BCUT2D eigenvalue weighted by molar-refractivity contribution is -0.0584. The van der Waals surface area contributed by atoms with E-state index in [0.29, 0.717) is 19.7 Å². The number of hydrogen-bond donors (Lipinski definition) is 1. The van der Waals surface area contributed by atoms with Gasteiger partial charge in [-0.15, -0.1) is 0 Å². The number of amides is 2. The van der Waals surface area contributed by atoms with Crippen LogP contribution in [0, 0.1) is 0 Å². The maximum Gasteiger partial charge on any atom is 0.318 e. The second-order valence-corrected chi connectivity index (χ2v) is 6.22. The Labute approximate surface area is 140 Å². The molecule has 0 saturated heterocycles. The average Bonchev–Trinajstić information content (AvgIpc) is 3.24. The topological polar surface area (TPSA) is 77.2 Å². The van der Waals surface area contributed by atoms with Crippen LogP contribution in [0.3, 0.4) is 0 Å². The third kappa shape index (κ3) is 2.66.